The fraction of sp³-hybridized carbons (Fsp3) is 0.429. The Hall–Kier alpha value is -2.08. The average molecular weight is 279 g/mol. The highest BCUT2D eigenvalue weighted by molar-refractivity contribution is 6.06. The minimum Gasteiger partial charge on any atom is -0.409 e. The average Bonchev–Trinajstić information content (AvgIpc) is 2.35. The summed E-state index contributed by atoms with van der Waals surface area (Å²) in [5, 5.41) is 14.5. The number of nitrogens with zero attached hydrogens (tertiary/aromatic N) is 1. The van der Waals surface area contributed by atoms with Gasteiger partial charge in [0.15, 0.2) is 5.84 Å². The number of amidine groups is 1. The molecule has 0 aliphatic heterocycles. The van der Waals surface area contributed by atoms with Crippen molar-refractivity contribution in [3.05, 3.63) is 29.3 Å². The largest absolute Gasteiger partial charge is 0.409 e. The lowest BCUT2D eigenvalue weighted by atomic mass is 10.1. The predicted octanol–water partition coefficient (Wildman–Crippen LogP) is 1.84. The van der Waals surface area contributed by atoms with Crippen LogP contribution < -0.4 is 11.1 Å². The maximum Gasteiger partial charge on any atom is 0.250 e. The number of amides is 1. The van der Waals surface area contributed by atoms with Crippen molar-refractivity contribution in [2.75, 3.05) is 11.9 Å². The molecule has 0 aromatic heterocycles. The first-order valence-corrected chi connectivity index (χ1v) is 6.26. The summed E-state index contributed by atoms with van der Waals surface area (Å²) in [4.78, 5) is 11.9. The molecule has 0 saturated carbocycles. The first-order valence-electron chi connectivity index (χ1n) is 6.26. The van der Waals surface area contributed by atoms with E-state index in [1.807, 2.05) is 33.8 Å². The smallest absolute Gasteiger partial charge is 0.250 e. The van der Waals surface area contributed by atoms with Crippen molar-refractivity contribution >= 4 is 17.4 Å². The number of carbonyl (C=O) groups excluding carboxylic acids is 1. The van der Waals surface area contributed by atoms with E-state index in [4.69, 9.17) is 15.7 Å². The number of aryl methyl sites for hydroxylation is 1. The predicted molar refractivity (Wildman–Crippen MR) is 78.0 cm³/mol. The van der Waals surface area contributed by atoms with Crippen LogP contribution in [0.5, 0.6) is 0 Å². The summed E-state index contributed by atoms with van der Waals surface area (Å²) >= 11 is 0. The standard InChI is InChI=1S/C14H21N3O3/c1-9-6-5-7-10(12(9)13(15)17-19)16-11(18)8-20-14(2,3)4/h5-7,19H,8H2,1-4H3,(H2,15,17)(H,16,18). The lowest BCUT2D eigenvalue weighted by Crippen LogP contribution is -2.28. The lowest BCUT2D eigenvalue weighted by Gasteiger charge is -2.19. The van der Waals surface area contributed by atoms with E-state index in [0.717, 1.165) is 5.56 Å². The van der Waals surface area contributed by atoms with Crippen molar-refractivity contribution in [3.8, 4) is 0 Å². The number of hydrogen-bond acceptors (Lipinski definition) is 4. The minimum atomic E-state index is -0.391. The van der Waals surface area contributed by atoms with Crippen molar-refractivity contribution in [2.24, 2.45) is 10.9 Å². The SMILES string of the molecule is Cc1cccc(NC(=O)COC(C)(C)C)c1/C(N)=N/O. The van der Waals surface area contributed by atoms with Crippen LogP contribution in [0.4, 0.5) is 5.69 Å². The van der Waals surface area contributed by atoms with Crippen molar-refractivity contribution < 1.29 is 14.7 Å². The van der Waals surface area contributed by atoms with Gasteiger partial charge in [-0.15, -0.1) is 0 Å². The third-order valence-corrected chi connectivity index (χ3v) is 2.55. The Kier molecular flexibility index (Phi) is 5.10. The van der Waals surface area contributed by atoms with E-state index in [1.54, 1.807) is 12.1 Å². The molecule has 110 valence electrons. The van der Waals surface area contributed by atoms with Gasteiger partial charge in [-0.05, 0) is 39.3 Å². The molecule has 0 aliphatic carbocycles. The van der Waals surface area contributed by atoms with E-state index in [1.165, 1.54) is 0 Å². The second-order valence-electron chi connectivity index (χ2n) is 5.43. The second-order valence-corrected chi connectivity index (χ2v) is 5.43. The maximum atomic E-state index is 11.9. The molecule has 0 radical (unpaired) electrons. The number of hydrogen-bond donors (Lipinski definition) is 3. The van der Waals surface area contributed by atoms with Gasteiger partial charge >= 0.3 is 0 Å². The van der Waals surface area contributed by atoms with Gasteiger partial charge in [0.1, 0.15) is 6.61 Å². The Bertz CT molecular complexity index is 519. The quantitative estimate of drug-likeness (QED) is 0.339. The molecular weight excluding hydrogens is 258 g/mol. The number of anilines is 1. The molecule has 0 atom stereocenters. The third kappa shape index (κ3) is 4.55. The molecule has 6 heteroatoms. The lowest BCUT2D eigenvalue weighted by molar-refractivity contribution is -0.125. The Balaban J connectivity index is 2.88. The van der Waals surface area contributed by atoms with Crippen LogP contribution >= 0.6 is 0 Å². The van der Waals surface area contributed by atoms with Crippen LogP contribution in [0.2, 0.25) is 0 Å². The van der Waals surface area contributed by atoms with Crippen LogP contribution in [0.25, 0.3) is 0 Å². The first kappa shape index (κ1) is 16.0. The molecule has 0 bridgehead atoms. The van der Waals surface area contributed by atoms with Gasteiger partial charge in [0.25, 0.3) is 0 Å². The van der Waals surface area contributed by atoms with E-state index < -0.39 is 5.60 Å². The molecule has 6 nitrogen and oxygen atoms in total. The molecule has 0 fully saturated rings. The Morgan fingerprint density at radius 3 is 2.65 bits per heavy atom. The van der Waals surface area contributed by atoms with Gasteiger partial charge in [-0.2, -0.15) is 0 Å². The van der Waals surface area contributed by atoms with Crippen LogP contribution in [0.15, 0.2) is 23.4 Å². The topological polar surface area (TPSA) is 96.9 Å². The molecule has 0 saturated heterocycles. The highest BCUT2D eigenvalue weighted by atomic mass is 16.5. The molecule has 1 aromatic carbocycles. The third-order valence-electron chi connectivity index (χ3n) is 2.55. The van der Waals surface area contributed by atoms with Gasteiger partial charge in [0.05, 0.1) is 11.3 Å². The molecular formula is C14H21N3O3. The van der Waals surface area contributed by atoms with E-state index in [9.17, 15) is 4.79 Å². The maximum absolute atomic E-state index is 11.9. The molecule has 1 aromatic rings. The Morgan fingerprint density at radius 2 is 2.10 bits per heavy atom. The fourth-order valence-corrected chi connectivity index (χ4v) is 1.63. The molecule has 0 aliphatic rings. The highest BCUT2D eigenvalue weighted by Crippen LogP contribution is 2.19. The number of benzene rings is 1. The van der Waals surface area contributed by atoms with Gasteiger partial charge in [-0.3, -0.25) is 4.79 Å². The second kappa shape index (κ2) is 6.38. The first-order chi connectivity index (χ1) is 9.24. The molecule has 4 N–H and O–H groups in total. The van der Waals surface area contributed by atoms with E-state index in [-0.39, 0.29) is 18.3 Å². The zero-order valence-corrected chi connectivity index (χ0v) is 12.2. The summed E-state index contributed by atoms with van der Waals surface area (Å²) in [6, 6.07) is 5.29. The molecule has 0 spiro atoms. The summed E-state index contributed by atoms with van der Waals surface area (Å²) < 4.78 is 5.40. The van der Waals surface area contributed by atoms with Gasteiger partial charge in [0.2, 0.25) is 5.91 Å². The monoisotopic (exact) mass is 279 g/mol. The Morgan fingerprint density at radius 1 is 1.45 bits per heavy atom. The fourth-order valence-electron chi connectivity index (χ4n) is 1.63. The van der Waals surface area contributed by atoms with Gasteiger partial charge in [0, 0.05) is 5.56 Å². The minimum absolute atomic E-state index is 0.0462. The summed E-state index contributed by atoms with van der Waals surface area (Å²) in [6.45, 7) is 7.36. The molecule has 0 heterocycles. The molecule has 1 amide bonds. The van der Waals surface area contributed by atoms with Crippen molar-refractivity contribution in [3.63, 3.8) is 0 Å². The van der Waals surface area contributed by atoms with Crippen molar-refractivity contribution in [2.45, 2.75) is 33.3 Å². The highest BCUT2D eigenvalue weighted by Gasteiger charge is 2.15. The summed E-state index contributed by atoms with van der Waals surface area (Å²) in [5.41, 5.74) is 7.03. The van der Waals surface area contributed by atoms with Gasteiger partial charge < -0.3 is 21.0 Å². The number of rotatable bonds is 4. The van der Waals surface area contributed by atoms with E-state index >= 15 is 0 Å². The zero-order chi connectivity index (χ0) is 15.3. The summed E-state index contributed by atoms with van der Waals surface area (Å²) in [7, 11) is 0. The summed E-state index contributed by atoms with van der Waals surface area (Å²) in [5.74, 6) is -0.340. The molecule has 1 rings (SSSR count). The van der Waals surface area contributed by atoms with Gasteiger partial charge in [-0.25, -0.2) is 0 Å². The van der Waals surface area contributed by atoms with Crippen molar-refractivity contribution in [1.82, 2.24) is 0 Å². The molecule has 20 heavy (non-hydrogen) atoms. The van der Waals surface area contributed by atoms with Gasteiger partial charge in [-0.1, -0.05) is 17.3 Å². The number of oxime groups is 1. The van der Waals surface area contributed by atoms with E-state index in [2.05, 4.69) is 10.5 Å². The van der Waals surface area contributed by atoms with Crippen LogP contribution in [-0.4, -0.2) is 29.2 Å². The van der Waals surface area contributed by atoms with Crippen molar-refractivity contribution in [1.29, 1.82) is 0 Å². The van der Waals surface area contributed by atoms with Crippen LogP contribution in [0, 0.1) is 6.92 Å². The number of nitrogens with one attached hydrogen (secondary N) is 1. The Labute approximate surface area is 118 Å². The van der Waals surface area contributed by atoms with Crippen LogP contribution in [0.3, 0.4) is 0 Å². The van der Waals surface area contributed by atoms with Crippen LogP contribution in [0.1, 0.15) is 31.9 Å². The van der Waals surface area contributed by atoms with E-state index in [0.29, 0.717) is 11.3 Å². The summed E-state index contributed by atoms with van der Waals surface area (Å²) in [6.07, 6.45) is 0. The van der Waals surface area contributed by atoms with Crippen LogP contribution in [-0.2, 0) is 9.53 Å². The number of nitrogens with two attached hydrogens (primary N) is 1. The number of ether oxygens (including phenoxy) is 1. The number of carbonyl (C=O) groups is 1. The molecule has 0 unspecified atom stereocenters. The normalized spacial score (nSPS) is 12.3. The zero-order valence-electron chi connectivity index (χ0n) is 12.2.